The van der Waals surface area contributed by atoms with E-state index in [0.717, 1.165) is 12.2 Å². The fourth-order valence-electron chi connectivity index (χ4n) is 1.43. The van der Waals surface area contributed by atoms with Crippen LogP contribution in [0.4, 0.5) is 0 Å². The minimum atomic E-state index is -0.712. The van der Waals surface area contributed by atoms with E-state index in [1.807, 2.05) is 45.0 Å². The zero-order valence-electron chi connectivity index (χ0n) is 10.9. The third-order valence-corrected chi connectivity index (χ3v) is 4.51. The lowest BCUT2D eigenvalue weighted by Gasteiger charge is -2.37. The first-order valence-corrected chi connectivity index (χ1v) is 6.91. The zero-order valence-corrected chi connectivity index (χ0v) is 11.8. The molecular formula is C15H22OS. The average molecular weight is 250 g/mol. The van der Waals surface area contributed by atoms with Gasteiger partial charge in [0.2, 0.25) is 0 Å². The Kier molecular flexibility index (Phi) is 4.84. The van der Waals surface area contributed by atoms with Gasteiger partial charge in [-0.15, -0.1) is 18.3 Å². The Balaban J connectivity index is 2.49. The van der Waals surface area contributed by atoms with Crippen LogP contribution in [0, 0.1) is 5.41 Å². The van der Waals surface area contributed by atoms with Crippen LogP contribution in [0.3, 0.4) is 0 Å². The molecule has 17 heavy (non-hydrogen) atoms. The van der Waals surface area contributed by atoms with Crippen molar-refractivity contribution in [3.8, 4) is 0 Å². The van der Waals surface area contributed by atoms with Crippen molar-refractivity contribution in [2.75, 3.05) is 5.75 Å². The Morgan fingerprint density at radius 2 is 1.82 bits per heavy atom. The van der Waals surface area contributed by atoms with E-state index in [-0.39, 0.29) is 5.41 Å². The summed E-state index contributed by atoms with van der Waals surface area (Å²) in [6.45, 7) is 9.73. The van der Waals surface area contributed by atoms with Gasteiger partial charge < -0.3 is 5.11 Å². The second kappa shape index (κ2) is 5.74. The van der Waals surface area contributed by atoms with E-state index in [1.54, 1.807) is 11.8 Å². The summed E-state index contributed by atoms with van der Waals surface area (Å²) < 4.78 is 0. The van der Waals surface area contributed by atoms with Crippen LogP contribution in [-0.4, -0.2) is 16.5 Å². The molecule has 94 valence electrons. The lowest BCUT2D eigenvalue weighted by molar-refractivity contribution is -0.0271. The highest BCUT2D eigenvalue weighted by Crippen LogP contribution is 2.36. The maximum absolute atomic E-state index is 10.4. The number of hydrogen-bond acceptors (Lipinski definition) is 2. The molecule has 1 aromatic rings. The Labute approximate surface area is 109 Å². The van der Waals surface area contributed by atoms with Crippen LogP contribution >= 0.6 is 11.8 Å². The van der Waals surface area contributed by atoms with E-state index in [2.05, 4.69) is 18.7 Å². The summed E-state index contributed by atoms with van der Waals surface area (Å²) in [6.07, 6.45) is 2.59. The van der Waals surface area contributed by atoms with E-state index < -0.39 is 5.60 Å². The molecule has 0 radical (unpaired) electrons. The highest BCUT2D eigenvalue weighted by molar-refractivity contribution is 7.99. The molecule has 0 heterocycles. The van der Waals surface area contributed by atoms with Crippen molar-refractivity contribution in [3.05, 3.63) is 43.0 Å². The van der Waals surface area contributed by atoms with Gasteiger partial charge in [-0.1, -0.05) is 38.1 Å². The second-order valence-corrected chi connectivity index (χ2v) is 6.28. The predicted molar refractivity (Wildman–Crippen MR) is 76.4 cm³/mol. The number of thioether (sulfide) groups is 1. The molecule has 1 rings (SSSR count). The molecular weight excluding hydrogens is 228 g/mol. The molecule has 1 N–H and O–H groups in total. The monoisotopic (exact) mass is 250 g/mol. The Morgan fingerprint density at radius 1 is 1.24 bits per heavy atom. The van der Waals surface area contributed by atoms with Gasteiger partial charge in [0, 0.05) is 16.1 Å². The summed E-state index contributed by atoms with van der Waals surface area (Å²) in [5.74, 6) is 0.911. The SMILES string of the molecule is C=CC(C)(C)C(C)(O)CCSc1ccccc1. The molecule has 0 fully saturated rings. The summed E-state index contributed by atoms with van der Waals surface area (Å²) >= 11 is 1.78. The van der Waals surface area contributed by atoms with Gasteiger partial charge >= 0.3 is 0 Å². The molecule has 0 aromatic heterocycles. The highest BCUT2D eigenvalue weighted by atomic mass is 32.2. The summed E-state index contributed by atoms with van der Waals surface area (Å²) in [7, 11) is 0. The highest BCUT2D eigenvalue weighted by Gasteiger charge is 2.36. The van der Waals surface area contributed by atoms with Gasteiger partial charge in [-0.25, -0.2) is 0 Å². The molecule has 2 heteroatoms. The van der Waals surface area contributed by atoms with Gasteiger partial charge in [0.05, 0.1) is 5.60 Å². The normalized spacial score (nSPS) is 15.3. The van der Waals surface area contributed by atoms with Crippen molar-refractivity contribution in [1.82, 2.24) is 0 Å². The topological polar surface area (TPSA) is 20.2 Å². The summed E-state index contributed by atoms with van der Waals surface area (Å²) in [5, 5.41) is 10.4. The van der Waals surface area contributed by atoms with E-state index >= 15 is 0 Å². The first kappa shape index (κ1) is 14.3. The molecule has 0 aliphatic rings. The predicted octanol–water partition coefficient (Wildman–Crippen LogP) is 4.13. The molecule has 0 aliphatic carbocycles. The Hall–Kier alpha value is -0.730. The van der Waals surface area contributed by atoms with Crippen molar-refractivity contribution in [2.45, 2.75) is 37.7 Å². The van der Waals surface area contributed by atoms with Gasteiger partial charge in [0.25, 0.3) is 0 Å². The molecule has 0 saturated carbocycles. The van der Waals surface area contributed by atoms with Crippen LogP contribution < -0.4 is 0 Å². The summed E-state index contributed by atoms with van der Waals surface area (Å²) in [4.78, 5) is 1.25. The number of hydrogen-bond donors (Lipinski definition) is 1. The van der Waals surface area contributed by atoms with Crippen LogP contribution in [0.25, 0.3) is 0 Å². The Morgan fingerprint density at radius 3 is 2.35 bits per heavy atom. The van der Waals surface area contributed by atoms with E-state index in [9.17, 15) is 5.11 Å². The maximum atomic E-state index is 10.4. The molecule has 1 unspecified atom stereocenters. The lowest BCUT2D eigenvalue weighted by Crippen LogP contribution is -2.40. The summed E-state index contributed by atoms with van der Waals surface area (Å²) in [5.41, 5.74) is -0.971. The zero-order chi connectivity index (χ0) is 12.9. The van der Waals surface area contributed by atoms with E-state index in [0.29, 0.717) is 0 Å². The fourth-order valence-corrected chi connectivity index (χ4v) is 2.51. The number of aliphatic hydroxyl groups is 1. The molecule has 0 bridgehead atoms. The molecule has 0 aliphatic heterocycles. The minimum Gasteiger partial charge on any atom is -0.389 e. The van der Waals surface area contributed by atoms with E-state index in [1.165, 1.54) is 4.90 Å². The van der Waals surface area contributed by atoms with Gasteiger partial charge in [-0.05, 0) is 25.5 Å². The van der Waals surface area contributed by atoms with Crippen molar-refractivity contribution in [1.29, 1.82) is 0 Å². The van der Waals surface area contributed by atoms with Crippen molar-refractivity contribution in [3.63, 3.8) is 0 Å². The van der Waals surface area contributed by atoms with Crippen LogP contribution in [0.1, 0.15) is 27.2 Å². The number of rotatable bonds is 6. The molecule has 1 nitrogen and oxygen atoms in total. The number of benzene rings is 1. The molecule has 0 saturated heterocycles. The smallest absolute Gasteiger partial charge is 0.0712 e. The van der Waals surface area contributed by atoms with Crippen LogP contribution in [0.15, 0.2) is 47.9 Å². The van der Waals surface area contributed by atoms with Crippen LogP contribution in [-0.2, 0) is 0 Å². The Bertz CT molecular complexity index is 354. The largest absolute Gasteiger partial charge is 0.389 e. The van der Waals surface area contributed by atoms with Crippen LogP contribution in [0.5, 0.6) is 0 Å². The average Bonchev–Trinajstić information content (AvgIpc) is 2.30. The minimum absolute atomic E-state index is 0.260. The second-order valence-electron chi connectivity index (χ2n) is 5.11. The van der Waals surface area contributed by atoms with Crippen molar-refractivity contribution < 1.29 is 5.11 Å². The maximum Gasteiger partial charge on any atom is 0.0712 e. The third-order valence-electron chi connectivity index (χ3n) is 3.50. The molecule has 1 atom stereocenters. The molecule has 0 spiro atoms. The standard InChI is InChI=1S/C15H22OS/c1-5-14(2,3)15(4,16)11-12-17-13-9-7-6-8-10-13/h5-10,16H,1,11-12H2,2-4H3. The first-order chi connectivity index (χ1) is 7.89. The third kappa shape index (κ3) is 3.90. The van der Waals surface area contributed by atoms with Gasteiger partial charge in [-0.3, -0.25) is 0 Å². The molecule has 1 aromatic carbocycles. The van der Waals surface area contributed by atoms with Crippen molar-refractivity contribution >= 4 is 11.8 Å². The van der Waals surface area contributed by atoms with Crippen LogP contribution in [0.2, 0.25) is 0 Å². The van der Waals surface area contributed by atoms with Gasteiger partial charge in [0.1, 0.15) is 0 Å². The first-order valence-electron chi connectivity index (χ1n) is 5.93. The van der Waals surface area contributed by atoms with Gasteiger partial charge in [-0.2, -0.15) is 0 Å². The molecule has 0 amide bonds. The van der Waals surface area contributed by atoms with Crippen molar-refractivity contribution in [2.24, 2.45) is 5.41 Å². The fraction of sp³-hybridized carbons (Fsp3) is 0.467. The quantitative estimate of drug-likeness (QED) is 0.605. The van der Waals surface area contributed by atoms with E-state index in [4.69, 9.17) is 0 Å². The van der Waals surface area contributed by atoms with Gasteiger partial charge in [0.15, 0.2) is 0 Å². The summed E-state index contributed by atoms with van der Waals surface area (Å²) in [6, 6.07) is 10.3. The lowest BCUT2D eigenvalue weighted by atomic mass is 9.75.